The molecule has 0 bridgehead atoms. The van der Waals surface area contributed by atoms with Crippen LogP contribution in [0.5, 0.6) is 0 Å². The van der Waals surface area contributed by atoms with Crippen molar-refractivity contribution in [3.05, 3.63) is 47.2 Å². The molecule has 0 aliphatic rings. The minimum Gasteiger partial charge on any atom is -0.383 e. The van der Waals surface area contributed by atoms with Gasteiger partial charge >= 0.3 is 0 Å². The number of halogens is 1. The maximum absolute atomic E-state index is 6.20. The van der Waals surface area contributed by atoms with Crippen LogP contribution < -0.4 is 5.32 Å². The number of methoxy groups -OCH3 is 1. The van der Waals surface area contributed by atoms with E-state index in [1.54, 1.807) is 13.3 Å². The average molecular weight is 280 g/mol. The summed E-state index contributed by atoms with van der Waals surface area (Å²) in [5.41, 5.74) is 1.06. The van der Waals surface area contributed by atoms with Crippen molar-refractivity contribution < 1.29 is 4.74 Å². The molecule has 1 N–H and O–H groups in total. The van der Waals surface area contributed by atoms with Gasteiger partial charge in [0.25, 0.3) is 0 Å². The van der Waals surface area contributed by atoms with E-state index in [4.69, 9.17) is 16.3 Å². The molecular formula is C14H18ClN3O. The molecule has 2 rings (SSSR count). The van der Waals surface area contributed by atoms with Gasteiger partial charge in [-0.3, -0.25) is 0 Å². The Labute approximate surface area is 118 Å². The number of hydrogen-bond acceptors (Lipinski definition) is 3. The van der Waals surface area contributed by atoms with Gasteiger partial charge in [-0.1, -0.05) is 29.8 Å². The average Bonchev–Trinajstić information content (AvgIpc) is 2.84. The lowest BCUT2D eigenvalue weighted by Gasteiger charge is -2.17. The fourth-order valence-corrected chi connectivity index (χ4v) is 2.22. The highest BCUT2D eigenvalue weighted by Gasteiger charge is 2.11. The van der Waals surface area contributed by atoms with Crippen LogP contribution >= 0.6 is 11.6 Å². The molecule has 2 aromatic rings. The summed E-state index contributed by atoms with van der Waals surface area (Å²) in [5.74, 6) is 0.824. The Hall–Kier alpha value is -1.52. The molecule has 0 aliphatic heterocycles. The van der Waals surface area contributed by atoms with Crippen LogP contribution in [0.4, 0.5) is 5.95 Å². The Bertz CT molecular complexity index is 527. The quantitative estimate of drug-likeness (QED) is 0.881. The first-order chi connectivity index (χ1) is 9.22. The predicted octanol–water partition coefficient (Wildman–Crippen LogP) is 3.36. The van der Waals surface area contributed by atoms with Gasteiger partial charge in [-0.15, -0.1) is 0 Å². The van der Waals surface area contributed by atoms with Crippen LogP contribution in [0, 0.1) is 0 Å². The van der Waals surface area contributed by atoms with Crippen LogP contribution in [-0.4, -0.2) is 23.3 Å². The van der Waals surface area contributed by atoms with E-state index in [-0.39, 0.29) is 6.04 Å². The lowest BCUT2D eigenvalue weighted by Crippen LogP contribution is -2.13. The minimum atomic E-state index is 0.0948. The highest BCUT2D eigenvalue weighted by atomic mass is 35.5. The largest absolute Gasteiger partial charge is 0.383 e. The molecule has 4 nitrogen and oxygen atoms in total. The molecule has 1 atom stereocenters. The third kappa shape index (κ3) is 3.49. The van der Waals surface area contributed by atoms with Gasteiger partial charge in [0, 0.05) is 31.1 Å². The Morgan fingerprint density at radius 1 is 1.42 bits per heavy atom. The first kappa shape index (κ1) is 13.9. The van der Waals surface area contributed by atoms with Crippen LogP contribution in [0.3, 0.4) is 0 Å². The first-order valence-electron chi connectivity index (χ1n) is 6.23. The molecule has 0 radical (unpaired) electrons. The van der Waals surface area contributed by atoms with Crippen molar-refractivity contribution in [2.75, 3.05) is 19.0 Å². The lowest BCUT2D eigenvalue weighted by atomic mass is 10.1. The van der Waals surface area contributed by atoms with E-state index in [2.05, 4.69) is 17.2 Å². The van der Waals surface area contributed by atoms with Crippen LogP contribution in [0.1, 0.15) is 18.5 Å². The summed E-state index contributed by atoms with van der Waals surface area (Å²) in [5, 5.41) is 4.13. The van der Waals surface area contributed by atoms with E-state index in [9.17, 15) is 0 Å². The normalized spacial score (nSPS) is 12.4. The number of ether oxygens (including phenoxy) is 1. The first-order valence-corrected chi connectivity index (χ1v) is 6.61. The highest BCUT2D eigenvalue weighted by Crippen LogP contribution is 2.24. The molecule has 0 spiro atoms. The minimum absolute atomic E-state index is 0.0948. The van der Waals surface area contributed by atoms with Crippen molar-refractivity contribution in [1.29, 1.82) is 0 Å². The van der Waals surface area contributed by atoms with E-state index < -0.39 is 0 Å². The van der Waals surface area contributed by atoms with Gasteiger partial charge in [-0.25, -0.2) is 4.98 Å². The molecule has 1 aromatic carbocycles. The standard InChI is InChI=1S/C14H18ClN3O/c1-11(12-5-3-4-6-13(12)15)17-14-16-7-8-18(14)9-10-19-2/h3-8,11H,9-10H2,1-2H3,(H,16,17). The van der Waals surface area contributed by atoms with Gasteiger partial charge in [0.05, 0.1) is 12.6 Å². The predicted molar refractivity (Wildman–Crippen MR) is 77.6 cm³/mol. The Kier molecular flexibility index (Phi) is 4.82. The second kappa shape index (κ2) is 6.59. The van der Waals surface area contributed by atoms with Gasteiger partial charge in [0.2, 0.25) is 5.95 Å². The van der Waals surface area contributed by atoms with Gasteiger partial charge < -0.3 is 14.6 Å². The van der Waals surface area contributed by atoms with Crippen LogP contribution in [-0.2, 0) is 11.3 Å². The number of nitrogens with zero attached hydrogens (tertiary/aromatic N) is 2. The Balaban J connectivity index is 2.09. The fourth-order valence-electron chi connectivity index (χ4n) is 1.92. The third-order valence-electron chi connectivity index (χ3n) is 2.97. The summed E-state index contributed by atoms with van der Waals surface area (Å²) in [6.45, 7) is 3.50. The number of aromatic nitrogens is 2. The van der Waals surface area contributed by atoms with Gasteiger partial charge in [0.1, 0.15) is 0 Å². The zero-order valence-electron chi connectivity index (χ0n) is 11.1. The molecule has 19 heavy (non-hydrogen) atoms. The molecular weight excluding hydrogens is 262 g/mol. The van der Waals surface area contributed by atoms with E-state index in [0.29, 0.717) is 6.61 Å². The summed E-state index contributed by atoms with van der Waals surface area (Å²) < 4.78 is 7.11. The summed E-state index contributed by atoms with van der Waals surface area (Å²) in [6, 6.07) is 7.92. The van der Waals surface area contributed by atoms with E-state index in [1.165, 1.54) is 0 Å². The lowest BCUT2D eigenvalue weighted by molar-refractivity contribution is 0.187. The summed E-state index contributed by atoms with van der Waals surface area (Å²) in [6.07, 6.45) is 3.71. The molecule has 1 unspecified atom stereocenters. The zero-order chi connectivity index (χ0) is 13.7. The number of rotatable bonds is 6. The zero-order valence-corrected chi connectivity index (χ0v) is 11.9. The fraction of sp³-hybridized carbons (Fsp3) is 0.357. The Morgan fingerprint density at radius 2 is 2.21 bits per heavy atom. The number of nitrogens with one attached hydrogen (secondary N) is 1. The van der Waals surface area contributed by atoms with E-state index >= 15 is 0 Å². The second-order valence-electron chi connectivity index (χ2n) is 4.32. The van der Waals surface area contributed by atoms with Crippen molar-refractivity contribution in [2.45, 2.75) is 19.5 Å². The van der Waals surface area contributed by atoms with Crippen molar-refractivity contribution in [3.63, 3.8) is 0 Å². The molecule has 0 saturated heterocycles. The van der Waals surface area contributed by atoms with Crippen LogP contribution in [0.25, 0.3) is 0 Å². The molecule has 1 heterocycles. The van der Waals surface area contributed by atoms with Gasteiger partial charge in [-0.2, -0.15) is 0 Å². The van der Waals surface area contributed by atoms with Crippen molar-refractivity contribution in [1.82, 2.24) is 9.55 Å². The number of anilines is 1. The molecule has 5 heteroatoms. The molecule has 1 aromatic heterocycles. The molecule has 0 saturated carbocycles. The maximum atomic E-state index is 6.20. The summed E-state index contributed by atoms with van der Waals surface area (Å²) >= 11 is 6.20. The topological polar surface area (TPSA) is 39.1 Å². The summed E-state index contributed by atoms with van der Waals surface area (Å²) in [4.78, 5) is 4.32. The number of benzene rings is 1. The molecule has 0 amide bonds. The number of imidazole rings is 1. The van der Waals surface area contributed by atoms with Crippen LogP contribution in [0.2, 0.25) is 5.02 Å². The van der Waals surface area contributed by atoms with Gasteiger partial charge in [-0.05, 0) is 18.6 Å². The van der Waals surface area contributed by atoms with Crippen molar-refractivity contribution in [2.24, 2.45) is 0 Å². The van der Waals surface area contributed by atoms with Crippen molar-refractivity contribution >= 4 is 17.5 Å². The van der Waals surface area contributed by atoms with E-state index in [1.807, 2.05) is 35.0 Å². The summed E-state index contributed by atoms with van der Waals surface area (Å²) in [7, 11) is 1.69. The van der Waals surface area contributed by atoms with Crippen LogP contribution in [0.15, 0.2) is 36.7 Å². The smallest absolute Gasteiger partial charge is 0.203 e. The van der Waals surface area contributed by atoms with Gasteiger partial charge in [0.15, 0.2) is 0 Å². The molecule has 0 aliphatic carbocycles. The van der Waals surface area contributed by atoms with Crippen molar-refractivity contribution in [3.8, 4) is 0 Å². The maximum Gasteiger partial charge on any atom is 0.203 e. The Morgan fingerprint density at radius 3 is 2.95 bits per heavy atom. The third-order valence-corrected chi connectivity index (χ3v) is 3.31. The SMILES string of the molecule is COCCn1ccnc1NC(C)c1ccccc1Cl. The number of hydrogen-bond donors (Lipinski definition) is 1. The second-order valence-corrected chi connectivity index (χ2v) is 4.73. The van der Waals surface area contributed by atoms with E-state index in [0.717, 1.165) is 23.1 Å². The molecule has 0 fully saturated rings. The monoisotopic (exact) mass is 279 g/mol. The highest BCUT2D eigenvalue weighted by molar-refractivity contribution is 6.31. The molecule has 102 valence electrons.